The number of pyridine rings is 1. The molecule has 0 bridgehead atoms. The van der Waals surface area contributed by atoms with Crippen molar-refractivity contribution in [2.24, 2.45) is 0 Å². The monoisotopic (exact) mass is 822 g/mol. The maximum absolute atomic E-state index is 13.7. The molecule has 5 aromatic rings. The number of fused-ring (bicyclic) bond motifs is 2. The summed E-state index contributed by atoms with van der Waals surface area (Å²) < 4.78 is 34.3. The average Bonchev–Trinajstić information content (AvgIpc) is 3.81. The van der Waals surface area contributed by atoms with Gasteiger partial charge >= 0.3 is 12.2 Å². The van der Waals surface area contributed by atoms with Crippen molar-refractivity contribution in [3.8, 4) is 0 Å². The van der Waals surface area contributed by atoms with Crippen LogP contribution in [0.5, 0.6) is 0 Å². The van der Waals surface area contributed by atoms with Gasteiger partial charge in [0.05, 0.1) is 29.0 Å². The van der Waals surface area contributed by atoms with Crippen LogP contribution in [-0.2, 0) is 29.3 Å². The van der Waals surface area contributed by atoms with E-state index in [1.807, 2.05) is 73.0 Å². The quantitative estimate of drug-likeness (QED) is 0.111. The molecule has 2 aliphatic rings. The van der Waals surface area contributed by atoms with Crippen molar-refractivity contribution in [1.29, 1.82) is 0 Å². The number of rotatable bonds is 8. The van der Waals surface area contributed by atoms with Crippen molar-refractivity contribution >= 4 is 45.0 Å². The number of hydrogen-bond acceptors (Lipinski definition) is 9. The van der Waals surface area contributed by atoms with Crippen LogP contribution >= 0.6 is 15.9 Å². The van der Waals surface area contributed by atoms with E-state index in [0.29, 0.717) is 9.99 Å². The van der Waals surface area contributed by atoms with Gasteiger partial charge in [0.25, 0.3) is 0 Å². The Morgan fingerprint density at radius 1 is 0.786 bits per heavy atom. The lowest BCUT2D eigenvalue weighted by Gasteiger charge is -2.36. The number of imide groups is 1. The Bertz CT molecular complexity index is 2120. The van der Waals surface area contributed by atoms with Crippen LogP contribution in [-0.4, -0.2) is 62.5 Å². The van der Waals surface area contributed by atoms with Gasteiger partial charge < -0.3 is 28.3 Å². The highest BCUT2D eigenvalue weighted by Crippen LogP contribution is 2.47. The van der Waals surface area contributed by atoms with Gasteiger partial charge in [-0.1, -0.05) is 97.1 Å². The molecule has 11 nitrogen and oxygen atoms in total. The lowest BCUT2D eigenvalue weighted by atomic mass is 9.80. The summed E-state index contributed by atoms with van der Waals surface area (Å²) >= 11 is 3.68. The average molecular weight is 824 g/mol. The number of carbonyl (C=O) groups excluding carboxylic acids is 2. The Hall–Kier alpha value is -4.88. The van der Waals surface area contributed by atoms with Crippen LogP contribution in [0.3, 0.4) is 0 Å². The molecule has 3 aromatic carbocycles. The molecule has 0 radical (unpaired) electrons. The van der Waals surface area contributed by atoms with Gasteiger partial charge in [-0.25, -0.2) is 19.6 Å². The van der Waals surface area contributed by atoms with Crippen molar-refractivity contribution in [1.82, 2.24) is 14.5 Å². The highest BCUT2D eigenvalue weighted by atomic mass is 79.9. The summed E-state index contributed by atoms with van der Waals surface area (Å²) in [6.07, 6.45) is 2.49. The van der Waals surface area contributed by atoms with Crippen molar-refractivity contribution in [3.05, 3.63) is 136 Å². The Balaban J connectivity index is 1.32. The molecule has 1 aliphatic heterocycles. The smallest absolute Gasteiger partial charge is 0.425 e. The van der Waals surface area contributed by atoms with Crippen LogP contribution in [0, 0.1) is 0 Å². The van der Waals surface area contributed by atoms with E-state index in [1.54, 1.807) is 47.9 Å². The Morgan fingerprint density at radius 3 is 1.77 bits per heavy atom. The summed E-state index contributed by atoms with van der Waals surface area (Å²) in [7, 11) is 0. The number of ether oxygens (including phenoxy) is 5. The third-order valence-electron chi connectivity index (χ3n) is 9.43. The van der Waals surface area contributed by atoms with Crippen molar-refractivity contribution in [2.75, 3.05) is 11.5 Å². The molecule has 2 amide bonds. The van der Waals surface area contributed by atoms with Crippen molar-refractivity contribution in [2.45, 2.75) is 96.2 Å². The van der Waals surface area contributed by atoms with Crippen LogP contribution in [0.1, 0.15) is 78.1 Å². The molecule has 0 spiro atoms. The van der Waals surface area contributed by atoms with Gasteiger partial charge in [0, 0.05) is 6.20 Å². The van der Waals surface area contributed by atoms with E-state index in [1.165, 1.54) is 6.20 Å². The summed E-state index contributed by atoms with van der Waals surface area (Å²) in [4.78, 5) is 37.4. The van der Waals surface area contributed by atoms with E-state index in [9.17, 15) is 9.59 Å². The summed E-state index contributed by atoms with van der Waals surface area (Å²) in [5.74, 6) is -0.928. The minimum atomic E-state index is -0.953. The van der Waals surface area contributed by atoms with Crippen molar-refractivity contribution in [3.63, 3.8) is 0 Å². The molecule has 7 rings (SSSR count). The maximum Gasteiger partial charge on any atom is 0.425 e. The predicted molar refractivity (Wildman–Crippen MR) is 216 cm³/mol. The standard InChI is InChI=1S/C44H47BrN4O7/c1-41(2,3)55-39(50)49(40(51)56-42(4,5)6)38-34-35(32(45)25-46-38)48(27-47-34)33-24-28(36-37(33)54-43(7,8)53-36)26-52-44(29-18-12-9-13-19-29,30-20-14-10-15-21-30)31-22-16-11-17-23-31/h9-25,27,33,36-37H,26H2,1-8H3/t33-,36-,37+/m1/s1. The highest BCUT2D eigenvalue weighted by Gasteiger charge is 2.52. The van der Waals surface area contributed by atoms with E-state index in [2.05, 4.69) is 63.4 Å². The first-order valence-electron chi connectivity index (χ1n) is 18.6. The molecule has 1 fully saturated rings. The first kappa shape index (κ1) is 39.4. The van der Waals surface area contributed by atoms with Crippen LogP contribution in [0.25, 0.3) is 11.0 Å². The van der Waals surface area contributed by atoms with E-state index in [4.69, 9.17) is 28.7 Å². The molecule has 0 unspecified atom stereocenters. The third kappa shape index (κ3) is 7.75. The molecule has 292 valence electrons. The number of amides is 2. The third-order valence-corrected chi connectivity index (χ3v) is 10.0. The Morgan fingerprint density at radius 2 is 1.29 bits per heavy atom. The van der Waals surface area contributed by atoms with Crippen molar-refractivity contribution < 1.29 is 33.3 Å². The fourth-order valence-electron chi connectivity index (χ4n) is 7.32. The van der Waals surface area contributed by atoms with E-state index in [0.717, 1.165) is 27.2 Å². The first-order valence-corrected chi connectivity index (χ1v) is 19.4. The summed E-state index contributed by atoms with van der Waals surface area (Å²) in [6.45, 7) is 14.3. The lowest BCUT2D eigenvalue weighted by Crippen LogP contribution is -2.44. The molecular weight excluding hydrogens is 776 g/mol. The summed E-state index contributed by atoms with van der Waals surface area (Å²) in [6, 6.07) is 30.2. The van der Waals surface area contributed by atoms with Gasteiger partial charge in [-0.2, -0.15) is 4.90 Å². The van der Waals surface area contributed by atoms with E-state index in [-0.39, 0.29) is 17.9 Å². The second-order valence-electron chi connectivity index (χ2n) is 16.4. The van der Waals surface area contributed by atoms with E-state index < -0.39 is 53.0 Å². The molecule has 0 N–H and O–H groups in total. The minimum absolute atomic E-state index is 0.0326. The van der Waals surface area contributed by atoms with Crippen LogP contribution in [0.2, 0.25) is 0 Å². The van der Waals surface area contributed by atoms with Crippen LogP contribution in [0.15, 0.2) is 120 Å². The topological polar surface area (TPSA) is 114 Å². The summed E-state index contributed by atoms with van der Waals surface area (Å²) in [5, 5.41) is 0. The van der Waals surface area contributed by atoms with Gasteiger partial charge in [0.15, 0.2) is 11.6 Å². The van der Waals surface area contributed by atoms with Gasteiger partial charge in [-0.15, -0.1) is 0 Å². The predicted octanol–water partition coefficient (Wildman–Crippen LogP) is 9.88. The van der Waals surface area contributed by atoms with Gasteiger partial charge in [0.2, 0.25) is 0 Å². The van der Waals surface area contributed by atoms with Crippen LogP contribution in [0.4, 0.5) is 15.4 Å². The maximum atomic E-state index is 13.7. The number of benzene rings is 3. The van der Waals surface area contributed by atoms with E-state index >= 15 is 0 Å². The molecule has 0 saturated carbocycles. The Labute approximate surface area is 335 Å². The number of hydrogen-bond donors (Lipinski definition) is 0. The first-order chi connectivity index (χ1) is 26.5. The fraction of sp³-hybridized carbons (Fsp3) is 0.364. The minimum Gasteiger partial charge on any atom is -0.443 e. The second-order valence-corrected chi connectivity index (χ2v) is 17.3. The zero-order valence-electron chi connectivity index (χ0n) is 32.9. The molecule has 1 aliphatic carbocycles. The van der Waals surface area contributed by atoms with Gasteiger partial charge in [0.1, 0.15) is 34.5 Å². The lowest BCUT2D eigenvalue weighted by molar-refractivity contribution is -0.148. The number of imidazole rings is 1. The molecule has 3 atom stereocenters. The number of anilines is 1. The molecule has 2 aromatic heterocycles. The molecule has 56 heavy (non-hydrogen) atoms. The fourth-order valence-corrected chi connectivity index (χ4v) is 7.81. The number of aromatic nitrogens is 3. The number of carbonyl (C=O) groups is 2. The number of nitrogens with zero attached hydrogens (tertiary/aromatic N) is 4. The van der Waals surface area contributed by atoms with Crippen LogP contribution < -0.4 is 4.90 Å². The molecule has 1 saturated heterocycles. The SMILES string of the molecule is CC(C)(C)OC(=O)N(C(=O)OC(C)(C)C)c1ncc(Br)c2c1ncn2[C@@H]1C=C(COC(c2ccccc2)(c2ccccc2)c2ccccc2)[C@H]2OC(C)(C)O[C@H]21. The number of halogens is 1. The zero-order valence-corrected chi connectivity index (χ0v) is 34.4. The zero-order chi connectivity index (χ0) is 40.0. The largest absolute Gasteiger partial charge is 0.443 e. The molecule has 12 heteroatoms. The normalized spacial score (nSPS) is 19.4. The molecule has 3 heterocycles. The summed E-state index contributed by atoms with van der Waals surface area (Å²) in [5.41, 5.74) is 1.94. The highest BCUT2D eigenvalue weighted by molar-refractivity contribution is 9.10. The Kier molecular flexibility index (Phi) is 10.5. The second kappa shape index (κ2) is 14.9. The van der Waals surface area contributed by atoms with Gasteiger partial charge in [-0.05, 0) is 93.6 Å². The molecular formula is C44H47BrN4O7. The van der Waals surface area contributed by atoms with Gasteiger partial charge in [-0.3, -0.25) is 0 Å².